The first-order valence-corrected chi connectivity index (χ1v) is 9.58. The van der Waals surface area contributed by atoms with Gasteiger partial charge in [0, 0.05) is 5.69 Å². The van der Waals surface area contributed by atoms with E-state index in [-0.39, 0.29) is 23.8 Å². The Kier molecular flexibility index (Phi) is 6.57. The third kappa shape index (κ3) is 5.39. The summed E-state index contributed by atoms with van der Waals surface area (Å²) in [7, 11) is 0. The minimum absolute atomic E-state index is 0.126. The van der Waals surface area contributed by atoms with Crippen LogP contribution in [0.25, 0.3) is 0 Å². The van der Waals surface area contributed by atoms with E-state index in [2.05, 4.69) is 16.0 Å². The molecule has 1 atom stereocenters. The van der Waals surface area contributed by atoms with Gasteiger partial charge in [-0.3, -0.25) is 4.79 Å². The Morgan fingerprint density at radius 2 is 1.72 bits per heavy atom. The summed E-state index contributed by atoms with van der Waals surface area (Å²) in [6.07, 6.45) is 1.42. The lowest BCUT2D eigenvalue weighted by atomic mass is 9.96. The van der Waals surface area contributed by atoms with Crippen LogP contribution in [-0.2, 0) is 0 Å². The lowest BCUT2D eigenvalue weighted by molar-refractivity contribution is 0.0996. The predicted molar refractivity (Wildman–Crippen MR) is 114 cm³/mol. The van der Waals surface area contributed by atoms with Gasteiger partial charge in [-0.05, 0) is 41.8 Å². The molecule has 29 heavy (non-hydrogen) atoms. The fraction of sp³-hybridized carbons (Fsp3) is 0.182. The van der Waals surface area contributed by atoms with Gasteiger partial charge in [0.2, 0.25) is 0 Å². The highest BCUT2D eigenvalue weighted by molar-refractivity contribution is 6.34. The molecule has 0 fully saturated rings. The molecule has 0 aliphatic heterocycles. The van der Waals surface area contributed by atoms with Crippen LogP contribution >= 0.6 is 11.6 Å². The van der Waals surface area contributed by atoms with Gasteiger partial charge < -0.3 is 20.4 Å². The number of nitrogens with one attached hydrogen (secondary N) is 3. The van der Waals surface area contributed by atoms with Gasteiger partial charge in [-0.2, -0.15) is 0 Å². The van der Waals surface area contributed by atoms with Gasteiger partial charge >= 0.3 is 6.03 Å². The number of hydrogen-bond donors (Lipinski definition) is 3. The SMILES string of the molecule is CC(C)C(NC(=O)Nc1ccc(NC(=O)c2ccco2)c(Cl)c1)c1ccccc1. The van der Waals surface area contributed by atoms with Gasteiger partial charge in [0.15, 0.2) is 5.76 Å². The molecule has 3 N–H and O–H groups in total. The summed E-state index contributed by atoms with van der Waals surface area (Å²) >= 11 is 6.25. The number of carbonyl (C=O) groups excluding carboxylic acids is 2. The van der Waals surface area contributed by atoms with Gasteiger partial charge in [0.05, 0.1) is 23.0 Å². The molecule has 0 bridgehead atoms. The van der Waals surface area contributed by atoms with Crippen LogP contribution in [0.3, 0.4) is 0 Å². The summed E-state index contributed by atoms with van der Waals surface area (Å²) in [5.41, 5.74) is 1.97. The summed E-state index contributed by atoms with van der Waals surface area (Å²) in [6, 6.07) is 17.4. The summed E-state index contributed by atoms with van der Waals surface area (Å²) in [5.74, 6) is -0.00722. The van der Waals surface area contributed by atoms with Gasteiger partial charge in [0.1, 0.15) is 0 Å². The smallest absolute Gasteiger partial charge is 0.319 e. The molecular weight excluding hydrogens is 390 g/mol. The van der Waals surface area contributed by atoms with Crippen molar-refractivity contribution in [3.63, 3.8) is 0 Å². The predicted octanol–water partition coefficient (Wildman–Crippen LogP) is 5.70. The lowest BCUT2D eigenvalue weighted by Crippen LogP contribution is -2.35. The highest BCUT2D eigenvalue weighted by Crippen LogP contribution is 2.27. The Hall–Kier alpha value is -3.25. The maximum Gasteiger partial charge on any atom is 0.319 e. The van der Waals surface area contributed by atoms with Crippen LogP contribution in [0, 0.1) is 5.92 Å². The molecule has 0 radical (unpaired) electrons. The number of rotatable bonds is 6. The van der Waals surface area contributed by atoms with Crippen LogP contribution < -0.4 is 16.0 Å². The van der Waals surface area contributed by atoms with Gasteiger partial charge in [-0.15, -0.1) is 0 Å². The molecule has 1 unspecified atom stereocenters. The van der Waals surface area contributed by atoms with E-state index in [1.165, 1.54) is 6.26 Å². The molecule has 2 aromatic carbocycles. The lowest BCUT2D eigenvalue weighted by Gasteiger charge is -2.23. The first kappa shape index (κ1) is 20.5. The Balaban J connectivity index is 1.64. The van der Waals surface area contributed by atoms with E-state index in [0.29, 0.717) is 16.4 Å². The van der Waals surface area contributed by atoms with E-state index in [1.54, 1.807) is 30.3 Å². The molecule has 0 spiro atoms. The zero-order chi connectivity index (χ0) is 20.8. The van der Waals surface area contributed by atoms with Crippen molar-refractivity contribution in [2.75, 3.05) is 10.6 Å². The zero-order valence-corrected chi connectivity index (χ0v) is 16.9. The highest BCUT2D eigenvalue weighted by atomic mass is 35.5. The quantitative estimate of drug-likeness (QED) is 0.486. The molecule has 1 heterocycles. The van der Waals surface area contributed by atoms with Crippen molar-refractivity contribution >= 4 is 34.9 Å². The number of amides is 3. The van der Waals surface area contributed by atoms with Crippen molar-refractivity contribution in [3.8, 4) is 0 Å². The first-order valence-electron chi connectivity index (χ1n) is 9.21. The number of hydrogen-bond acceptors (Lipinski definition) is 3. The Morgan fingerprint density at radius 3 is 2.34 bits per heavy atom. The van der Waals surface area contributed by atoms with Crippen molar-refractivity contribution in [2.24, 2.45) is 5.92 Å². The molecule has 3 aromatic rings. The van der Waals surface area contributed by atoms with E-state index in [0.717, 1.165) is 5.56 Å². The number of benzene rings is 2. The molecule has 150 valence electrons. The van der Waals surface area contributed by atoms with Crippen LogP contribution in [0.2, 0.25) is 5.02 Å². The van der Waals surface area contributed by atoms with Crippen molar-refractivity contribution in [3.05, 3.63) is 83.3 Å². The van der Waals surface area contributed by atoms with Gasteiger partial charge in [0.25, 0.3) is 5.91 Å². The Labute approximate surface area is 174 Å². The molecule has 0 saturated carbocycles. The number of carbonyl (C=O) groups is 2. The first-order chi connectivity index (χ1) is 13.9. The molecule has 7 heteroatoms. The monoisotopic (exact) mass is 411 g/mol. The average Bonchev–Trinajstić information content (AvgIpc) is 3.23. The molecule has 3 amide bonds. The summed E-state index contributed by atoms with van der Waals surface area (Å²) in [6.45, 7) is 4.09. The average molecular weight is 412 g/mol. The second kappa shape index (κ2) is 9.30. The molecule has 0 aliphatic carbocycles. The summed E-state index contributed by atoms with van der Waals surface area (Å²) < 4.78 is 5.06. The van der Waals surface area contributed by atoms with Gasteiger partial charge in [-0.25, -0.2) is 4.79 Å². The largest absolute Gasteiger partial charge is 0.459 e. The van der Waals surface area contributed by atoms with E-state index < -0.39 is 5.91 Å². The van der Waals surface area contributed by atoms with Crippen LogP contribution in [0.1, 0.15) is 36.0 Å². The molecule has 0 saturated heterocycles. The summed E-state index contributed by atoms with van der Waals surface area (Å²) in [4.78, 5) is 24.5. The number of anilines is 2. The fourth-order valence-electron chi connectivity index (χ4n) is 2.89. The number of halogens is 1. The maximum atomic E-state index is 12.5. The standard InChI is InChI=1S/C22H22ClN3O3/c1-14(2)20(15-7-4-3-5-8-15)26-22(28)24-16-10-11-18(17(23)13-16)25-21(27)19-9-6-12-29-19/h3-14,20H,1-2H3,(H,25,27)(H2,24,26,28). The van der Waals surface area contributed by atoms with Crippen molar-refractivity contribution in [1.29, 1.82) is 0 Å². The minimum Gasteiger partial charge on any atom is -0.459 e. The molecule has 6 nitrogen and oxygen atoms in total. The van der Waals surface area contributed by atoms with Crippen LogP contribution in [0.5, 0.6) is 0 Å². The van der Waals surface area contributed by atoms with E-state index in [4.69, 9.17) is 16.0 Å². The maximum absolute atomic E-state index is 12.5. The van der Waals surface area contributed by atoms with Gasteiger partial charge in [-0.1, -0.05) is 55.8 Å². The highest BCUT2D eigenvalue weighted by Gasteiger charge is 2.18. The van der Waals surface area contributed by atoms with Crippen molar-refractivity contribution in [2.45, 2.75) is 19.9 Å². The normalized spacial score (nSPS) is 11.7. The number of furan rings is 1. The second-order valence-corrected chi connectivity index (χ2v) is 7.26. The van der Waals surface area contributed by atoms with Crippen LogP contribution in [-0.4, -0.2) is 11.9 Å². The molecule has 0 aliphatic rings. The molecular formula is C22H22ClN3O3. The Bertz CT molecular complexity index is 972. The second-order valence-electron chi connectivity index (χ2n) is 6.86. The minimum atomic E-state index is -0.405. The van der Waals surface area contributed by atoms with E-state index in [1.807, 2.05) is 44.2 Å². The summed E-state index contributed by atoms with van der Waals surface area (Å²) in [5, 5.41) is 8.74. The zero-order valence-electron chi connectivity index (χ0n) is 16.1. The third-order valence-corrected chi connectivity index (χ3v) is 4.64. The molecule has 1 aromatic heterocycles. The number of urea groups is 1. The Morgan fingerprint density at radius 1 is 0.966 bits per heavy atom. The van der Waals surface area contributed by atoms with E-state index in [9.17, 15) is 9.59 Å². The van der Waals surface area contributed by atoms with Crippen molar-refractivity contribution in [1.82, 2.24) is 5.32 Å². The van der Waals surface area contributed by atoms with Crippen molar-refractivity contribution < 1.29 is 14.0 Å². The topological polar surface area (TPSA) is 83.4 Å². The van der Waals surface area contributed by atoms with Crippen LogP contribution in [0.4, 0.5) is 16.2 Å². The fourth-order valence-corrected chi connectivity index (χ4v) is 3.12. The van der Waals surface area contributed by atoms with Crippen LogP contribution in [0.15, 0.2) is 71.3 Å². The molecule has 3 rings (SSSR count). The van der Waals surface area contributed by atoms with E-state index >= 15 is 0 Å². The third-order valence-electron chi connectivity index (χ3n) is 4.33.